The number of pyridine rings is 1. The van der Waals surface area contributed by atoms with Gasteiger partial charge in [0.1, 0.15) is 23.7 Å². The Morgan fingerprint density at radius 3 is 2.50 bits per heavy atom. The van der Waals surface area contributed by atoms with Gasteiger partial charge in [-0.15, -0.1) is 0 Å². The van der Waals surface area contributed by atoms with E-state index >= 15 is 0 Å². The molecule has 2 heterocycles. The van der Waals surface area contributed by atoms with Crippen molar-refractivity contribution in [1.82, 2.24) is 19.9 Å². The number of imidazole rings is 1. The predicted molar refractivity (Wildman–Crippen MR) is 102 cm³/mol. The van der Waals surface area contributed by atoms with Crippen LogP contribution in [0.2, 0.25) is 0 Å². The maximum atomic E-state index is 12.9. The van der Waals surface area contributed by atoms with Crippen molar-refractivity contribution in [3.05, 3.63) is 72.2 Å². The summed E-state index contributed by atoms with van der Waals surface area (Å²) < 4.78 is 14.5. The van der Waals surface area contributed by atoms with Gasteiger partial charge in [-0.2, -0.15) is 0 Å². The molecule has 7 nitrogen and oxygen atoms in total. The molecule has 0 aliphatic heterocycles. The molecule has 28 heavy (non-hydrogen) atoms. The SMILES string of the molecule is CC(C)C(=O)Nc1ccc(-n2cnc(C(=O)NCc3ccc(F)cc3)c2)nc1. The van der Waals surface area contributed by atoms with E-state index in [2.05, 4.69) is 20.6 Å². The molecule has 0 saturated heterocycles. The summed E-state index contributed by atoms with van der Waals surface area (Å²) in [6.07, 6.45) is 4.60. The van der Waals surface area contributed by atoms with E-state index in [0.29, 0.717) is 11.5 Å². The van der Waals surface area contributed by atoms with Crippen LogP contribution in [0.15, 0.2) is 55.1 Å². The smallest absolute Gasteiger partial charge is 0.271 e. The first-order valence-electron chi connectivity index (χ1n) is 8.76. The van der Waals surface area contributed by atoms with Crippen LogP contribution in [0.3, 0.4) is 0 Å². The van der Waals surface area contributed by atoms with E-state index in [-0.39, 0.29) is 35.8 Å². The zero-order chi connectivity index (χ0) is 20.1. The second kappa shape index (κ2) is 8.43. The zero-order valence-corrected chi connectivity index (χ0v) is 15.5. The van der Waals surface area contributed by atoms with Gasteiger partial charge in [0, 0.05) is 18.7 Å². The molecule has 0 saturated carbocycles. The predicted octanol–water partition coefficient (Wildman–Crippen LogP) is 2.93. The van der Waals surface area contributed by atoms with Gasteiger partial charge < -0.3 is 10.6 Å². The molecule has 2 N–H and O–H groups in total. The molecule has 8 heteroatoms. The molecule has 1 aromatic carbocycles. The lowest BCUT2D eigenvalue weighted by Gasteiger charge is -2.08. The number of hydrogen-bond acceptors (Lipinski definition) is 4. The molecule has 0 atom stereocenters. The lowest BCUT2D eigenvalue weighted by Crippen LogP contribution is -2.23. The van der Waals surface area contributed by atoms with Gasteiger partial charge in [-0.25, -0.2) is 14.4 Å². The van der Waals surface area contributed by atoms with Crippen LogP contribution < -0.4 is 10.6 Å². The van der Waals surface area contributed by atoms with Gasteiger partial charge in [-0.3, -0.25) is 14.2 Å². The van der Waals surface area contributed by atoms with Crippen LogP contribution in [0.1, 0.15) is 29.9 Å². The number of carbonyl (C=O) groups excluding carboxylic acids is 2. The van der Waals surface area contributed by atoms with Crippen molar-refractivity contribution in [2.75, 3.05) is 5.32 Å². The molecular weight excluding hydrogens is 361 g/mol. The van der Waals surface area contributed by atoms with Gasteiger partial charge in [0.05, 0.1) is 11.9 Å². The van der Waals surface area contributed by atoms with E-state index in [4.69, 9.17) is 0 Å². The van der Waals surface area contributed by atoms with Crippen molar-refractivity contribution in [3.8, 4) is 5.82 Å². The maximum absolute atomic E-state index is 12.9. The molecule has 0 spiro atoms. The highest BCUT2D eigenvalue weighted by Crippen LogP contribution is 2.12. The minimum atomic E-state index is -0.344. The summed E-state index contributed by atoms with van der Waals surface area (Å²) in [5.41, 5.74) is 1.62. The van der Waals surface area contributed by atoms with E-state index in [1.54, 1.807) is 41.2 Å². The summed E-state index contributed by atoms with van der Waals surface area (Å²) >= 11 is 0. The van der Waals surface area contributed by atoms with Gasteiger partial charge in [0.2, 0.25) is 5.91 Å². The van der Waals surface area contributed by atoms with Crippen LogP contribution in [0.4, 0.5) is 10.1 Å². The molecule has 2 aromatic heterocycles. The minimum absolute atomic E-state index is 0.0858. The molecule has 3 aromatic rings. The number of anilines is 1. The van der Waals surface area contributed by atoms with E-state index in [1.807, 2.05) is 13.8 Å². The third-order valence-electron chi connectivity index (χ3n) is 3.99. The lowest BCUT2D eigenvalue weighted by molar-refractivity contribution is -0.118. The molecule has 0 radical (unpaired) electrons. The molecule has 2 amide bonds. The highest BCUT2D eigenvalue weighted by Gasteiger charge is 2.11. The topological polar surface area (TPSA) is 88.9 Å². The number of benzene rings is 1. The second-order valence-corrected chi connectivity index (χ2v) is 6.52. The Balaban J connectivity index is 1.62. The Morgan fingerprint density at radius 1 is 1.11 bits per heavy atom. The molecule has 144 valence electrons. The van der Waals surface area contributed by atoms with Crippen LogP contribution in [0.25, 0.3) is 5.82 Å². The third-order valence-corrected chi connectivity index (χ3v) is 3.99. The molecule has 0 bridgehead atoms. The Bertz CT molecular complexity index is 965. The second-order valence-electron chi connectivity index (χ2n) is 6.52. The number of hydrogen-bond donors (Lipinski definition) is 2. The fourth-order valence-corrected chi connectivity index (χ4v) is 2.34. The average Bonchev–Trinajstić information content (AvgIpc) is 3.18. The van der Waals surface area contributed by atoms with Gasteiger partial charge >= 0.3 is 0 Å². The van der Waals surface area contributed by atoms with Gasteiger partial charge in [-0.1, -0.05) is 26.0 Å². The summed E-state index contributed by atoms with van der Waals surface area (Å²) in [6.45, 7) is 3.89. The van der Waals surface area contributed by atoms with Crippen molar-refractivity contribution in [3.63, 3.8) is 0 Å². The number of amides is 2. The molecule has 0 fully saturated rings. The Kier molecular flexibility index (Phi) is 5.78. The fraction of sp³-hybridized carbons (Fsp3) is 0.200. The number of aromatic nitrogens is 3. The minimum Gasteiger partial charge on any atom is -0.347 e. The Labute approximate surface area is 161 Å². The zero-order valence-electron chi connectivity index (χ0n) is 15.5. The quantitative estimate of drug-likeness (QED) is 0.687. The van der Waals surface area contributed by atoms with Crippen molar-refractivity contribution < 1.29 is 14.0 Å². The highest BCUT2D eigenvalue weighted by atomic mass is 19.1. The number of rotatable bonds is 6. The number of carbonyl (C=O) groups is 2. The van der Waals surface area contributed by atoms with Crippen molar-refractivity contribution in [1.29, 1.82) is 0 Å². The lowest BCUT2D eigenvalue weighted by atomic mass is 10.2. The molecule has 0 aliphatic rings. The molecule has 3 rings (SSSR count). The van der Waals surface area contributed by atoms with Crippen molar-refractivity contribution in [2.45, 2.75) is 20.4 Å². The van der Waals surface area contributed by atoms with Gasteiger partial charge in [0.25, 0.3) is 5.91 Å². The maximum Gasteiger partial charge on any atom is 0.271 e. The first-order valence-corrected chi connectivity index (χ1v) is 8.76. The van der Waals surface area contributed by atoms with Crippen LogP contribution >= 0.6 is 0 Å². The number of nitrogens with one attached hydrogen (secondary N) is 2. The first kappa shape index (κ1) is 19.2. The van der Waals surface area contributed by atoms with Gasteiger partial charge in [0.15, 0.2) is 0 Å². The van der Waals surface area contributed by atoms with Crippen molar-refractivity contribution >= 4 is 17.5 Å². The fourth-order valence-electron chi connectivity index (χ4n) is 2.34. The van der Waals surface area contributed by atoms with Crippen molar-refractivity contribution in [2.24, 2.45) is 5.92 Å². The largest absolute Gasteiger partial charge is 0.347 e. The summed E-state index contributed by atoms with van der Waals surface area (Å²) in [5.74, 6) is -0.311. The number of nitrogens with zero attached hydrogens (tertiary/aromatic N) is 3. The molecule has 0 unspecified atom stereocenters. The molecule has 0 aliphatic carbocycles. The summed E-state index contributed by atoms with van der Waals surface area (Å²) in [7, 11) is 0. The monoisotopic (exact) mass is 381 g/mol. The normalized spacial score (nSPS) is 10.7. The highest BCUT2D eigenvalue weighted by molar-refractivity contribution is 5.92. The average molecular weight is 381 g/mol. The first-order chi connectivity index (χ1) is 13.4. The van der Waals surface area contributed by atoms with Crippen LogP contribution in [-0.4, -0.2) is 26.3 Å². The summed E-state index contributed by atoms with van der Waals surface area (Å²) in [5, 5.41) is 5.50. The van der Waals surface area contributed by atoms with E-state index < -0.39 is 0 Å². The third kappa shape index (κ3) is 4.79. The Morgan fingerprint density at radius 2 is 1.86 bits per heavy atom. The number of halogens is 1. The standard InChI is InChI=1S/C20H20FN5O2/c1-13(2)19(27)25-16-7-8-18(22-10-16)26-11-17(24-12-26)20(28)23-9-14-3-5-15(21)6-4-14/h3-8,10-13H,9H2,1-2H3,(H,23,28)(H,25,27). The van der Waals surface area contributed by atoms with Gasteiger partial charge in [-0.05, 0) is 29.8 Å². The Hall–Kier alpha value is -3.55. The van der Waals surface area contributed by atoms with E-state index in [9.17, 15) is 14.0 Å². The summed E-state index contributed by atoms with van der Waals surface area (Å²) in [6, 6.07) is 9.36. The molecular formula is C20H20FN5O2. The van der Waals surface area contributed by atoms with Crippen LogP contribution in [-0.2, 0) is 11.3 Å². The summed E-state index contributed by atoms with van der Waals surface area (Å²) in [4.78, 5) is 32.3. The van der Waals surface area contributed by atoms with E-state index in [1.165, 1.54) is 18.5 Å². The van der Waals surface area contributed by atoms with Crippen LogP contribution in [0.5, 0.6) is 0 Å². The van der Waals surface area contributed by atoms with E-state index in [0.717, 1.165) is 5.56 Å². The van der Waals surface area contributed by atoms with Crippen LogP contribution in [0, 0.1) is 11.7 Å².